The van der Waals surface area contributed by atoms with Gasteiger partial charge in [0, 0.05) is 23.2 Å². The maximum atomic E-state index is 11.4. The fourth-order valence-electron chi connectivity index (χ4n) is 1.74. The van der Waals surface area contributed by atoms with E-state index >= 15 is 0 Å². The lowest BCUT2D eigenvalue weighted by atomic mass is 10.2. The summed E-state index contributed by atoms with van der Waals surface area (Å²) < 4.78 is 0. The minimum Gasteiger partial charge on any atom is -0.332 e. The first kappa shape index (κ1) is 12.7. The quantitative estimate of drug-likeness (QED) is 0.886. The minimum atomic E-state index is -0.00904. The van der Waals surface area contributed by atoms with Gasteiger partial charge >= 0.3 is 0 Å². The molecule has 2 atom stereocenters. The van der Waals surface area contributed by atoms with Crippen LogP contribution in [-0.4, -0.2) is 17.4 Å². The molecule has 17 heavy (non-hydrogen) atoms. The molecule has 2 rings (SSSR count). The number of hydrogen-bond donors (Lipinski definition) is 2. The summed E-state index contributed by atoms with van der Waals surface area (Å²) >= 11 is 7.58. The average Bonchev–Trinajstić information content (AvgIpc) is 2.25. The summed E-state index contributed by atoms with van der Waals surface area (Å²) in [6.07, 6.45) is 0.550. The van der Waals surface area contributed by atoms with Gasteiger partial charge in [0.15, 0.2) is 0 Å². The number of hydrogen-bond acceptors (Lipinski definition) is 3. The molecule has 2 unspecified atom stereocenters. The van der Waals surface area contributed by atoms with Crippen molar-refractivity contribution in [2.24, 2.45) is 0 Å². The highest BCUT2D eigenvalue weighted by Crippen LogP contribution is 2.20. The highest BCUT2D eigenvalue weighted by Gasteiger charge is 2.22. The van der Waals surface area contributed by atoms with Crippen molar-refractivity contribution in [2.75, 3.05) is 0 Å². The van der Waals surface area contributed by atoms with Gasteiger partial charge in [-0.3, -0.25) is 10.1 Å². The monoisotopic (exact) mass is 270 g/mol. The first-order valence-corrected chi connectivity index (χ1v) is 6.97. The lowest BCUT2D eigenvalue weighted by Crippen LogP contribution is -2.53. The number of benzene rings is 1. The summed E-state index contributed by atoms with van der Waals surface area (Å²) in [6.45, 7) is 2.02. The van der Waals surface area contributed by atoms with Crippen molar-refractivity contribution in [3.8, 4) is 0 Å². The number of halogens is 1. The minimum absolute atomic E-state index is 0.00904. The predicted octanol–water partition coefficient (Wildman–Crippen LogP) is 2.35. The van der Waals surface area contributed by atoms with Crippen LogP contribution in [0.4, 0.5) is 0 Å². The first-order valence-electron chi connectivity index (χ1n) is 5.55. The number of amides is 1. The van der Waals surface area contributed by atoms with Crippen LogP contribution in [0.15, 0.2) is 24.3 Å². The Balaban J connectivity index is 1.87. The van der Waals surface area contributed by atoms with Crippen molar-refractivity contribution >= 4 is 29.3 Å². The van der Waals surface area contributed by atoms with E-state index in [0.717, 1.165) is 16.3 Å². The topological polar surface area (TPSA) is 41.1 Å². The molecule has 1 aliphatic rings. The van der Waals surface area contributed by atoms with Gasteiger partial charge in [-0.05, 0) is 24.6 Å². The van der Waals surface area contributed by atoms with Crippen molar-refractivity contribution in [1.82, 2.24) is 10.6 Å². The second kappa shape index (κ2) is 5.76. The average molecular weight is 271 g/mol. The second-order valence-corrected chi connectivity index (χ2v) is 5.69. The Bertz CT molecular complexity index is 413. The Morgan fingerprint density at radius 1 is 1.53 bits per heavy atom. The zero-order valence-electron chi connectivity index (χ0n) is 9.57. The van der Waals surface area contributed by atoms with Crippen molar-refractivity contribution in [3.63, 3.8) is 0 Å². The Hall–Kier alpha value is -0.710. The molecule has 1 amide bonds. The van der Waals surface area contributed by atoms with E-state index in [-0.39, 0.29) is 17.4 Å². The zero-order chi connectivity index (χ0) is 12.3. The molecule has 92 valence electrons. The van der Waals surface area contributed by atoms with Crippen LogP contribution in [-0.2, 0) is 10.5 Å². The highest BCUT2D eigenvalue weighted by molar-refractivity contribution is 7.99. The van der Waals surface area contributed by atoms with Gasteiger partial charge in [-0.2, -0.15) is 0 Å². The smallest absolute Gasteiger partial charge is 0.223 e. The van der Waals surface area contributed by atoms with Crippen molar-refractivity contribution in [1.29, 1.82) is 0 Å². The zero-order valence-corrected chi connectivity index (χ0v) is 11.1. The van der Waals surface area contributed by atoms with Gasteiger partial charge in [0.05, 0.1) is 0 Å². The van der Waals surface area contributed by atoms with E-state index in [1.807, 2.05) is 31.2 Å². The van der Waals surface area contributed by atoms with E-state index in [4.69, 9.17) is 11.6 Å². The van der Waals surface area contributed by atoms with Crippen LogP contribution in [0.1, 0.15) is 18.9 Å². The first-order chi connectivity index (χ1) is 8.13. The van der Waals surface area contributed by atoms with E-state index < -0.39 is 0 Å². The molecule has 5 heteroatoms. The SMILES string of the molecule is CC1CC(=O)NC(SCc2cccc(Cl)c2)N1. The van der Waals surface area contributed by atoms with Crippen LogP contribution >= 0.6 is 23.4 Å². The van der Waals surface area contributed by atoms with Gasteiger partial charge in [0.1, 0.15) is 5.50 Å². The summed E-state index contributed by atoms with van der Waals surface area (Å²) in [6, 6.07) is 8.02. The Morgan fingerprint density at radius 2 is 2.35 bits per heavy atom. The third-order valence-electron chi connectivity index (χ3n) is 2.53. The Labute approximate surface area is 110 Å². The molecule has 2 N–H and O–H groups in total. The van der Waals surface area contributed by atoms with Crippen LogP contribution in [0.2, 0.25) is 5.02 Å². The molecule has 1 aliphatic heterocycles. The van der Waals surface area contributed by atoms with Gasteiger partial charge in [-0.25, -0.2) is 0 Å². The standard InChI is InChI=1S/C12H15ClN2OS/c1-8-5-11(16)15-12(14-8)17-7-9-3-2-4-10(13)6-9/h2-4,6,8,12,14H,5,7H2,1H3,(H,15,16). The number of carbonyl (C=O) groups is 1. The summed E-state index contributed by atoms with van der Waals surface area (Å²) in [5.74, 6) is 0.936. The van der Waals surface area contributed by atoms with Gasteiger partial charge < -0.3 is 5.32 Å². The molecular formula is C12H15ClN2OS. The van der Waals surface area contributed by atoms with Gasteiger partial charge in [-0.15, -0.1) is 11.8 Å². The molecule has 0 saturated carbocycles. The number of thioether (sulfide) groups is 1. The summed E-state index contributed by atoms with van der Waals surface area (Å²) in [7, 11) is 0. The van der Waals surface area contributed by atoms with Crippen molar-refractivity contribution in [3.05, 3.63) is 34.9 Å². The van der Waals surface area contributed by atoms with Gasteiger partial charge in [0.2, 0.25) is 5.91 Å². The Kier molecular flexibility index (Phi) is 4.31. The molecule has 0 spiro atoms. The molecule has 1 aromatic carbocycles. The summed E-state index contributed by atoms with van der Waals surface area (Å²) in [4.78, 5) is 11.4. The molecule has 1 heterocycles. The number of carbonyl (C=O) groups excluding carboxylic acids is 1. The maximum Gasteiger partial charge on any atom is 0.223 e. The lowest BCUT2D eigenvalue weighted by Gasteiger charge is -2.29. The molecule has 0 aliphatic carbocycles. The van der Waals surface area contributed by atoms with Gasteiger partial charge in [-0.1, -0.05) is 23.7 Å². The van der Waals surface area contributed by atoms with Gasteiger partial charge in [0.25, 0.3) is 0 Å². The van der Waals surface area contributed by atoms with E-state index in [2.05, 4.69) is 10.6 Å². The molecule has 0 aromatic heterocycles. The van der Waals surface area contributed by atoms with E-state index in [0.29, 0.717) is 6.42 Å². The van der Waals surface area contributed by atoms with Crippen molar-refractivity contribution < 1.29 is 4.79 Å². The van der Waals surface area contributed by atoms with Crippen LogP contribution < -0.4 is 10.6 Å². The Morgan fingerprint density at radius 3 is 3.06 bits per heavy atom. The molecule has 1 saturated heterocycles. The fraction of sp³-hybridized carbons (Fsp3) is 0.417. The van der Waals surface area contributed by atoms with Crippen LogP contribution in [0.3, 0.4) is 0 Å². The normalized spacial score (nSPS) is 24.5. The number of nitrogens with one attached hydrogen (secondary N) is 2. The van der Waals surface area contributed by atoms with Crippen LogP contribution in [0.5, 0.6) is 0 Å². The summed E-state index contributed by atoms with van der Waals surface area (Å²) in [5.41, 5.74) is 1.15. The fourth-order valence-corrected chi connectivity index (χ4v) is 3.03. The van der Waals surface area contributed by atoms with E-state index in [1.165, 1.54) is 0 Å². The maximum absolute atomic E-state index is 11.4. The van der Waals surface area contributed by atoms with Crippen LogP contribution in [0.25, 0.3) is 0 Å². The third kappa shape index (κ3) is 3.91. The molecule has 0 bridgehead atoms. The third-order valence-corrected chi connectivity index (χ3v) is 3.85. The van der Waals surface area contributed by atoms with E-state index in [9.17, 15) is 4.79 Å². The van der Waals surface area contributed by atoms with E-state index in [1.54, 1.807) is 11.8 Å². The number of rotatable bonds is 3. The predicted molar refractivity (Wildman–Crippen MR) is 71.9 cm³/mol. The highest BCUT2D eigenvalue weighted by atomic mass is 35.5. The molecular weight excluding hydrogens is 256 g/mol. The van der Waals surface area contributed by atoms with Crippen molar-refractivity contribution in [2.45, 2.75) is 30.6 Å². The molecule has 3 nitrogen and oxygen atoms in total. The lowest BCUT2D eigenvalue weighted by molar-refractivity contribution is -0.123. The second-order valence-electron chi connectivity index (χ2n) is 4.16. The largest absolute Gasteiger partial charge is 0.332 e. The summed E-state index contributed by atoms with van der Waals surface area (Å²) in [5, 5.41) is 6.99. The molecule has 1 fully saturated rings. The molecule has 0 radical (unpaired) electrons. The molecule has 1 aromatic rings. The van der Waals surface area contributed by atoms with Crippen LogP contribution in [0, 0.1) is 0 Å².